The molecule has 5 heteroatoms. The lowest BCUT2D eigenvalue weighted by Gasteiger charge is -2.17. The highest BCUT2D eigenvalue weighted by atomic mass is 32.1. The topological polar surface area (TPSA) is 64.9 Å². The molecule has 0 bridgehead atoms. The number of hydrogen-bond donors (Lipinski definition) is 1. The smallest absolute Gasteiger partial charge is 0.227 e. The molecule has 3 rings (SSSR count). The molecule has 0 saturated heterocycles. The van der Waals surface area contributed by atoms with Crippen LogP contribution in [-0.4, -0.2) is 10.1 Å². The Kier molecular flexibility index (Phi) is 3.18. The molecule has 0 aliphatic heterocycles. The van der Waals surface area contributed by atoms with Crippen molar-refractivity contribution < 1.29 is 4.52 Å². The van der Waals surface area contributed by atoms with E-state index < -0.39 is 0 Å². The first kappa shape index (κ1) is 11.9. The van der Waals surface area contributed by atoms with Crippen molar-refractivity contribution in [1.29, 1.82) is 0 Å². The van der Waals surface area contributed by atoms with E-state index in [0.717, 1.165) is 38.5 Å². The van der Waals surface area contributed by atoms with Gasteiger partial charge in [-0.15, -0.1) is 11.3 Å². The minimum Gasteiger partial charge on any atom is -0.339 e. The second-order valence-corrected chi connectivity index (χ2v) is 5.99. The zero-order valence-electron chi connectivity index (χ0n) is 10.3. The second kappa shape index (κ2) is 4.82. The molecule has 0 aromatic carbocycles. The fourth-order valence-corrected chi connectivity index (χ4v) is 3.18. The molecule has 0 amide bonds. The number of thiophene rings is 1. The van der Waals surface area contributed by atoms with Crippen LogP contribution in [0.1, 0.15) is 42.3 Å². The van der Waals surface area contributed by atoms with E-state index in [1.165, 1.54) is 4.88 Å². The Balaban J connectivity index is 1.66. The van der Waals surface area contributed by atoms with Crippen molar-refractivity contribution in [2.24, 2.45) is 5.73 Å². The lowest BCUT2D eigenvalue weighted by molar-refractivity contribution is 0.348. The van der Waals surface area contributed by atoms with E-state index in [2.05, 4.69) is 27.7 Å². The molecule has 96 valence electrons. The molecule has 1 aliphatic rings. The summed E-state index contributed by atoms with van der Waals surface area (Å²) in [5.41, 5.74) is 5.96. The normalized spacial score (nSPS) is 18.3. The van der Waals surface area contributed by atoms with Crippen LogP contribution in [0.15, 0.2) is 22.0 Å². The SMILES string of the molecule is NC1(c2noc(CCc3cccs3)n2)CCCC1. The van der Waals surface area contributed by atoms with Crippen LogP contribution in [-0.2, 0) is 18.4 Å². The fourth-order valence-electron chi connectivity index (χ4n) is 2.47. The van der Waals surface area contributed by atoms with Crippen molar-refractivity contribution in [3.8, 4) is 0 Å². The summed E-state index contributed by atoms with van der Waals surface area (Å²) in [6.45, 7) is 0. The Bertz CT molecular complexity index is 500. The van der Waals surface area contributed by atoms with Gasteiger partial charge in [-0.05, 0) is 30.7 Å². The van der Waals surface area contributed by atoms with E-state index in [1.54, 1.807) is 11.3 Å². The number of aryl methyl sites for hydroxylation is 2. The van der Waals surface area contributed by atoms with Crippen LogP contribution in [0.3, 0.4) is 0 Å². The van der Waals surface area contributed by atoms with E-state index in [1.807, 2.05) is 0 Å². The Morgan fingerprint density at radius 3 is 2.89 bits per heavy atom. The zero-order valence-corrected chi connectivity index (χ0v) is 11.1. The summed E-state index contributed by atoms with van der Waals surface area (Å²) >= 11 is 1.76. The Morgan fingerprint density at radius 2 is 2.17 bits per heavy atom. The molecular formula is C13H17N3OS. The summed E-state index contributed by atoms with van der Waals surface area (Å²) in [4.78, 5) is 5.81. The van der Waals surface area contributed by atoms with Gasteiger partial charge < -0.3 is 10.3 Å². The van der Waals surface area contributed by atoms with Gasteiger partial charge in [0.1, 0.15) is 0 Å². The van der Waals surface area contributed by atoms with Crippen molar-refractivity contribution in [1.82, 2.24) is 10.1 Å². The van der Waals surface area contributed by atoms with Gasteiger partial charge >= 0.3 is 0 Å². The zero-order chi connectivity index (χ0) is 12.4. The number of aromatic nitrogens is 2. The quantitative estimate of drug-likeness (QED) is 0.921. The van der Waals surface area contributed by atoms with E-state index in [4.69, 9.17) is 10.3 Å². The predicted octanol–water partition coefficient (Wildman–Crippen LogP) is 2.64. The summed E-state index contributed by atoms with van der Waals surface area (Å²) in [7, 11) is 0. The first-order valence-corrected chi connectivity index (χ1v) is 7.29. The van der Waals surface area contributed by atoms with Gasteiger partial charge in [0.25, 0.3) is 0 Å². The van der Waals surface area contributed by atoms with E-state index in [9.17, 15) is 0 Å². The van der Waals surface area contributed by atoms with E-state index in [0.29, 0.717) is 11.7 Å². The third-order valence-electron chi connectivity index (χ3n) is 3.57. The highest BCUT2D eigenvalue weighted by molar-refractivity contribution is 7.09. The molecule has 4 nitrogen and oxygen atoms in total. The third-order valence-corrected chi connectivity index (χ3v) is 4.51. The minimum absolute atomic E-state index is 0.343. The average Bonchev–Trinajstić information content (AvgIpc) is 3.08. The molecular weight excluding hydrogens is 246 g/mol. The number of nitrogens with zero attached hydrogens (tertiary/aromatic N) is 2. The largest absolute Gasteiger partial charge is 0.339 e. The second-order valence-electron chi connectivity index (χ2n) is 4.95. The van der Waals surface area contributed by atoms with Crippen molar-refractivity contribution in [2.45, 2.75) is 44.1 Å². The summed E-state index contributed by atoms with van der Waals surface area (Å²) in [5.74, 6) is 1.40. The van der Waals surface area contributed by atoms with E-state index in [-0.39, 0.29) is 5.54 Å². The number of rotatable bonds is 4. The van der Waals surface area contributed by atoms with Gasteiger partial charge in [0.05, 0.1) is 5.54 Å². The monoisotopic (exact) mass is 263 g/mol. The molecule has 2 aromatic heterocycles. The Labute approximate surface area is 110 Å². The van der Waals surface area contributed by atoms with Crippen LogP contribution in [0, 0.1) is 0 Å². The average molecular weight is 263 g/mol. The van der Waals surface area contributed by atoms with Gasteiger partial charge in [-0.1, -0.05) is 24.1 Å². The van der Waals surface area contributed by atoms with Crippen molar-refractivity contribution >= 4 is 11.3 Å². The molecule has 1 saturated carbocycles. The molecule has 0 atom stereocenters. The van der Waals surface area contributed by atoms with Gasteiger partial charge in [0.2, 0.25) is 5.89 Å². The molecule has 0 unspecified atom stereocenters. The highest BCUT2D eigenvalue weighted by Crippen LogP contribution is 2.34. The molecule has 18 heavy (non-hydrogen) atoms. The number of hydrogen-bond acceptors (Lipinski definition) is 5. The van der Waals surface area contributed by atoms with E-state index >= 15 is 0 Å². The van der Waals surface area contributed by atoms with Crippen molar-refractivity contribution in [2.75, 3.05) is 0 Å². The first-order valence-electron chi connectivity index (χ1n) is 6.41. The summed E-state index contributed by atoms with van der Waals surface area (Å²) < 4.78 is 5.30. The minimum atomic E-state index is -0.343. The molecule has 0 radical (unpaired) electrons. The van der Waals surface area contributed by atoms with Crippen LogP contribution < -0.4 is 5.73 Å². The predicted molar refractivity (Wildman–Crippen MR) is 70.4 cm³/mol. The van der Waals surface area contributed by atoms with Gasteiger partial charge in [0, 0.05) is 11.3 Å². The highest BCUT2D eigenvalue weighted by Gasteiger charge is 2.35. The lowest BCUT2D eigenvalue weighted by Crippen LogP contribution is -2.34. The van der Waals surface area contributed by atoms with Crippen LogP contribution in [0.4, 0.5) is 0 Å². The van der Waals surface area contributed by atoms with Crippen molar-refractivity contribution in [3.05, 3.63) is 34.1 Å². The maximum Gasteiger partial charge on any atom is 0.227 e. The van der Waals surface area contributed by atoms with Crippen molar-refractivity contribution in [3.63, 3.8) is 0 Å². The van der Waals surface area contributed by atoms with Crippen LogP contribution >= 0.6 is 11.3 Å². The van der Waals surface area contributed by atoms with Gasteiger partial charge in [-0.2, -0.15) is 4.98 Å². The Morgan fingerprint density at radius 1 is 1.33 bits per heavy atom. The lowest BCUT2D eigenvalue weighted by atomic mass is 9.99. The fraction of sp³-hybridized carbons (Fsp3) is 0.538. The number of nitrogens with two attached hydrogens (primary N) is 1. The first-order chi connectivity index (χ1) is 8.76. The van der Waals surface area contributed by atoms with Gasteiger partial charge in [0.15, 0.2) is 5.82 Å². The van der Waals surface area contributed by atoms with Gasteiger partial charge in [-0.3, -0.25) is 0 Å². The maximum atomic E-state index is 6.30. The standard InChI is InChI=1S/C13H17N3OS/c14-13(7-1-2-8-13)12-15-11(17-16-12)6-5-10-4-3-9-18-10/h3-4,9H,1-2,5-8,14H2. The van der Waals surface area contributed by atoms with Crippen LogP contribution in [0.2, 0.25) is 0 Å². The van der Waals surface area contributed by atoms with Crippen LogP contribution in [0.5, 0.6) is 0 Å². The molecule has 1 fully saturated rings. The van der Waals surface area contributed by atoms with Crippen LogP contribution in [0.25, 0.3) is 0 Å². The van der Waals surface area contributed by atoms with Gasteiger partial charge in [-0.25, -0.2) is 0 Å². The Hall–Kier alpha value is -1.20. The third kappa shape index (κ3) is 2.33. The molecule has 2 heterocycles. The summed E-state index contributed by atoms with van der Waals surface area (Å²) in [6, 6.07) is 4.19. The molecule has 2 aromatic rings. The molecule has 1 aliphatic carbocycles. The molecule has 0 spiro atoms. The summed E-state index contributed by atoms with van der Waals surface area (Å²) in [5, 5.41) is 6.15. The summed E-state index contributed by atoms with van der Waals surface area (Å²) in [6.07, 6.45) is 6.01. The molecule has 2 N–H and O–H groups in total. The maximum absolute atomic E-state index is 6.30.